The molecule has 0 saturated heterocycles. The van der Waals surface area contributed by atoms with E-state index in [9.17, 15) is 0 Å². The van der Waals surface area contributed by atoms with E-state index in [1.165, 1.54) is 54.8 Å². The minimum Gasteiger partial charge on any atom is -0.456 e. The fourth-order valence-electron chi connectivity index (χ4n) is 9.13. The predicted molar refractivity (Wildman–Crippen MR) is 257 cm³/mol. The molecule has 0 atom stereocenters. The molecule has 0 amide bonds. The van der Waals surface area contributed by atoms with Gasteiger partial charge in [0.25, 0.3) is 0 Å². The van der Waals surface area contributed by atoms with Gasteiger partial charge in [0, 0.05) is 44.3 Å². The summed E-state index contributed by atoms with van der Waals surface area (Å²) in [6.45, 7) is 0. The number of anilines is 3. The monoisotopic (exact) mass is 778 g/mol. The van der Waals surface area contributed by atoms with Crippen LogP contribution in [0, 0.1) is 0 Å². The van der Waals surface area contributed by atoms with Crippen molar-refractivity contribution in [1.29, 1.82) is 0 Å². The van der Waals surface area contributed by atoms with Crippen LogP contribution in [0.4, 0.5) is 17.1 Å². The Morgan fingerprint density at radius 1 is 0.295 bits per heavy atom. The van der Waals surface area contributed by atoms with E-state index in [-0.39, 0.29) is 0 Å². The van der Waals surface area contributed by atoms with Gasteiger partial charge in [-0.3, -0.25) is 0 Å². The third-order valence-corrected chi connectivity index (χ3v) is 12.2. The lowest BCUT2D eigenvalue weighted by Gasteiger charge is -2.26. The van der Waals surface area contributed by atoms with Crippen molar-refractivity contribution >= 4 is 71.6 Å². The molecule has 3 nitrogen and oxygen atoms in total. The highest BCUT2D eigenvalue weighted by Gasteiger charge is 2.16. The number of nitrogens with zero attached hydrogens (tertiary/aromatic N) is 2. The minimum atomic E-state index is 0.900. The quantitative estimate of drug-likeness (QED) is 0.161. The summed E-state index contributed by atoms with van der Waals surface area (Å²) in [5.41, 5.74) is 15.6. The van der Waals surface area contributed by atoms with Crippen LogP contribution in [-0.2, 0) is 0 Å². The molecule has 0 spiro atoms. The Hall–Kier alpha value is -8.14. The lowest BCUT2D eigenvalue weighted by molar-refractivity contribution is 0.669. The molecule has 0 bridgehead atoms. The van der Waals surface area contributed by atoms with Gasteiger partial charge in [-0.05, 0) is 129 Å². The third-order valence-electron chi connectivity index (χ3n) is 12.2. The smallest absolute Gasteiger partial charge is 0.136 e. The van der Waals surface area contributed by atoms with Crippen LogP contribution in [0.2, 0.25) is 0 Å². The largest absolute Gasteiger partial charge is 0.456 e. The number of para-hydroxylation sites is 3. The third kappa shape index (κ3) is 6.06. The fraction of sp³-hybridized carbons (Fsp3) is 0. The van der Waals surface area contributed by atoms with Gasteiger partial charge < -0.3 is 13.9 Å². The lowest BCUT2D eigenvalue weighted by atomic mass is 10.0. The van der Waals surface area contributed by atoms with Gasteiger partial charge in [0.05, 0.1) is 11.0 Å². The molecular weight excluding hydrogens is 741 g/mol. The zero-order chi connectivity index (χ0) is 40.3. The van der Waals surface area contributed by atoms with Crippen molar-refractivity contribution in [2.75, 3.05) is 4.90 Å². The van der Waals surface area contributed by atoms with E-state index in [4.69, 9.17) is 4.42 Å². The first kappa shape index (κ1) is 34.9. The Morgan fingerprint density at radius 3 is 1.33 bits per heavy atom. The van der Waals surface area contributed by atoms with Gasteiger partial charge in [-0.15, -0.1) is 0 Å². The average molecular weight is 779 g/mol. The molecule has 2 aromatic heterocycles. The van der Waals surface area contributed by atoms with E-state index in [2.05, 4.69) is 228 Å². The maximum absolute atomic E-state index is 6.24. The highest BCUT2D eigenvalue weighted by molar-refractivity contribution is 6.09. The summed E-state index contributed by atoms with van der Waals surface area (Å²) in [5, 5.41) is 7.30. The number of benzene rings is 10. The fourth-order valence-corrected chi connectivity index (χ4v) is 9.13. The second-order valence-electron chi connectivity index (χ2n) is 15.8. The molecule has 3 heteroatoms. The van der Waals surface area contributed by atoms with Crippen LogP contribution in [0.25, 0.3) is 93.6 Å². The van der Waals surface area contributed by atoms with Crippen LogP contribution in [-0.4, -0.2) is 4.57 Å². The van der Waals surface area contributed by atoms with Crippen molar-refractivity contribution in [2.45, 2.75) is 0 Å². The first-order valence-electron chi connectivity index (χ1n) is 20.8. The molecule has 0 saturated carbocycles. The molecule has 0 fully saturated rings. The van der Waals surface area contributed by atoms with Gasteiger partial charge in [-0.1, -0.05) is 146 Å². The number of fused-ring (bicyclic) bond motifs is 7. The molecule has 10 aromatic carbocycles. The minimum absolute atomic E-state index is 0.900. The van der Waals surface area contributed by atoms with Gasteiger partial charge >= 0.3 is 0 Å². The number of aromatic nitrogens is 1. The maximum atomic E-state index is 6.24. The van der Waals surface area contributed by atoms with E-state index < -0.39 is 0 Å². The van der Waals surface area contributed by atoms with Crippen LogP contribution in [0.15, 0.2) is 235 Å². The van der Waals surface area contributed by atoms with Crippen molar-refractivity contribution in [3.8, 4) is 39.1 Å². The highest BCUT2D eigenvalue weighted by atomic mass is 16.3. The van der Waals surface area contributed by atoms with Gasteiger partial charge in [0.2, 0.25) is 0 Å². The first-order valence-corrected chi connectivity index (χ1v) is 20.8. The maximum Gasteiger partial charge on any atom is 0.136 e. The van der Waals surface area contributed by atoms with Crippen LogP contribution in [0.5, 0.6) is 0 Å². The van der Waals surface area contributed by atoms with Gasteiger partial charge in [0.1, 0.15) is 11.2 Å². The number of hydrogen-bond acceptors (Lipinski definition) is 2. The first-order chi connectivity index (χ1) is 30.2. The summed E-state index contributed by atoms with van der Waals surface area (Å²) in [5.74, 6) is 0. The second-order valence-corrected chi connectivity index (χ2v) is 15.8. The van der Waals surface area contributed by atoms with Crippen molar-refractivity contribution in [2.24, 2.45) is 0 Å². The van der Waals surface area contributed by atoms with E-state index in [1.54, 1.807) is 0 Å². The topological polar surface area (TPSA) is 21.3 Å². The molecule has 0 aliphatic rings. The van der Waals surface area contributed by atoms with Crippen molar-refractivity contribution < 1.29 is 4.42 Å². The van der Waals surface area contributed by atoms with Crippen molar-refractivity contribution in [1.82, 2.24) is 4.57 Å². The molecule has 0 N–H and O–H groups in total. The van der Waals surface area contributed by atoms with Crippen LogP contribution < -0.4 is 4.90 Å². The van der Waals surface area contributed by atoms with Crippen molar-refractivity contribution in [3.63, 3.8) is 0 Å². The summed E-state index contributed by atoms with van der Waals surface area (Å²) in [4.78, 5) is 2.34. The summed E-state index contributed by atoms with van der Waals surface area (Å²) < 4.78 is 8.60. The second kappa shape index (κ2) is 14.3. The number of hydrogen-bond donors (Lipinski definition) is 0. The highest BCUT2D eigenvalue weighted by Crippen LogP contribution is 2.39. The zero-order valence-electron chi connectivity index (χ0n) is 33.2. The summed E-state index contributed by atoms with van der Waals surface area (Å²) >= 11 is 0. The van der Waals surface area contributed by atoms with Crippen LogP contribution >= 0.6 is 0 Å². The normalized spacial score (nSPS) is 11.6. The molecule has 0 aliphatic heterocycles. The van der Waals surface area contributed by atoms with E-state index in [0.717, 1.165) is 55.8 Å². The standard InChI is InChI=1S/C58H38N2O/c1-2-10-44-37-45(18-17-39(44)9-1)42-23-30-48(31-24-42)59(49-32-25-43(26-33-49)46-27-36-54-53-13-5-8-16-57(53)61-58(54)38-46)47-28-19-40(20-29-47)41-21-34-50(35-22-41)60-55-14-6-3-11-51(55)52-12-4-7-15-56(52)60/h1-38H. The van der Waals surface area contributed by atoms with Crippen LogP contribution in [0.3, 0.4) is 0 Å². The molecule has 2 heterocycles. The van der Waals surface area contributed by atoms with Gasteiger partial charge in [-0.2, -0.15) is 0 Å². The molecule has 12 rings (SSSR count). The molecular formula is C58H38N2O. The van der Waals surface area contributed by atoms with Crippen LogP contribution in [0.1, 0.15) is 0 Å². The molecule has 286 valence electrons. The Morgan fingerprint density at radius 2 is 0.721 bits per heavy atom. The number of furan rings is 1. The molecule has 0 radical (unpaired) electrons. The Kier molecular flexibility index (Phi) is 8.17. The summed E-state index contributed by atoms with van der Waals surface area (Å²) in [6.07, 6.45) is 0. The zero-order valence-corrected chi connectivity index (χ0v) is 33.2. The van der Waals surface area contributed by atoms with E-state index in [0.29, 0.717) is 0 Å². The average Bonchev–Trinajstić information content (AvgIpc) is 3.88. The summed E-state index contributed by atoms with van der Waals surface area (Å²) in [6, 6.07) is 83.0. The number of rotatable bonds is 7. The molecule has 12 aromatic rings. The molecule has 0 unspecified atom stereocenters. The van der Waals surface area contributed by atoms with E-state index in [1.807, 2.05) is 12.1 Å². The van der Waals surface area contributed by atoms with Gasteiger partial charge in [0.15, 0.2) is 0 Å². The Balaban J connectivity index is 0.889. The SMILES string of the molecule is c1ccc2cc(-c3ccc(N(c4ccc(-c5ccc(-n6c7ccccc7c7ccccc76)cc5)cc4)c4ccc(-c5ccc6c(c5)oc5ccccc56)cc4)cc3)ccc2c1. The predicted octanol–water partition coefficient (Wildman–Crippen LogP) is 16.3. The molecule has 0 aliphatic carbocycles. The Labute approximate surface area is 353 Å². The Bertz CT molecular complexity index is 3500. The van der Waals surface area contributed by atoms with Crippen molar-refractivity contribution in [3.05, 3.63) is 231 Å². The molecule has 61 heavy (non-hydrogen) atoms. The lowest BCUT2D eigenvalue weighted by Crippen LogP contribution is -2.09. The van der Waals surface area contributed by atoms with Gasteiger partial charge in [-0.25, -0.2) is 0 Å². The van der Waals surface area contributed by atoms with E-state index >= 15 is 0 Å². The summed E-state index contributed by atoms with van der Waals surface area (Å²) in [7, 11) is 0.